The van der Waals surface area contributed by atoms with Crippen molar-refractivity contribution in [3.8, 4) is 5.75 Å². The normalized spacial score (nSPS) is 12.0. The van der Waals surface area contributed by atoms with E-state index in [1.807, 2.05) is 31.2 Å². The van der Waals surface area contributed by atoms with E-state index in [9.17, 15) is 10.1 Å². The number of nitro benzene ring substituents is 1. The predicted octanol–water partition coefficient (Wildman–Crippen LogP) is 3.96. The third-order valence-electron chi connectivity index (χ3n) is 3.03. The highest BCUT2D eigenvalue weighted by Crippen LogP contribution is 2.25. The van der Waals surface area contributed by atoms with Gasteiger partial charge in [-0.05, 0) is 30.7 Å². The summed E-state index contributed by atoms with van der Waals surface area (Å²) in [5.74, 6) is 0.718. The third kappa shape index (κ3) is 4.03. The molecule has 21 heavy (non-hydrogen) atoms. The number of ether oxygens (including phenoxy) is 1. The van der Waals surface area contributed by atoms with Crippen LogP contribution in [0.4, 0.5) is 5.69 Å². The minimum absolute atomic E-state index is 0.0459. The van der Waals surface area contributed by atoms with Gasteiger partial charge in [-0.15, -0.1) is 0 Å². The Bertz CT molecular complexity index is 659. The summed E-state index contributed by atoms with van der Waals surface area (Å²) in [4.78, 5) is 10.3. The van der Waals surface area contributed by atoms with Gasteiger partial charge in [0, 0.05) is 28.2 Å². The van der Waals surface area contributed by atoms with Gasteiger partial charge in [-0.1, -0.05) is 28.1 Å². The predicted molar refractivity (Wildman–Crippen MR) is 84.2 cm³/mol. The average Bonchev–Trinajstić information content (AvgIpc) is 2.46. The van der Waals surface area contributed by atoms with Crippen LogP contribution in [-0.2, 0) is 6.61 Å². The van der Waals surface area contributed by atoms with Crippen LogP contribution in [0.3, 0.4) is 0 Å². The number of non-ortho nitro benzene ring substituents is 1. The summed E-state index contributed by atoms with van der Waals surface area (Å²) in [7, 11) is 0. The fraction of sp³-hybridized carbons (Fsp3) is 0.200. The molecule has 2 aromatic rings. The van der Waals surface area contributed by atoms with E-state index in [-0.39, 0.29) is 11.7 Å². The molecule has 0 aliphatic heterocycles. The highest BCUT2D eigenvalue weighted by molar-refractivity contribution is 9.10. The molecule has 0 saturated carbocycles. The number of nitro groups is 1. The van der Waals surface area contributed by atoms with Gasteiger partial charge in [-0.3, -0.25) is 10.1 Å². The highest BCUT2D eigenvalue weighted by atomic mass is 79.9. The summed E-state index contributed by atoms with van der Waals surface area (Å²) in [6.45, 7) is 2.23. The van der Waals surface area contributed by atoms with Gasteiger partial charge < -0.3 is 10.5 Å². The lowest BCUT2D eigenvalue weighted by Crippen LogP contribution is -2.05. The Morgan fingerprint density at radius 3 is 2.71 bits per heavy atom. The van der Waals surface area contributed by atoms with Crippen LogP contribution in [0, 0.1) is 10.1 Å². The molecule has 0 heterocycles. The Morgan fingerprint density at radius 1 is 1.33 bits per heavy atom. The van der Waals surface area contributed by atoms with Crippen LogP contribution in [0.1, 0.15) is 24.1 Å². The van der Waals surface area contributed by atoms with Crippen molar-refractivity contribution < 1.29 is 9.66 Å². The Morgan fingerprint density at radius 2 is 2.10 bits per heavy atom. The van der Waals surface area contributed by atoms with Gasteiger partial charge in [-0.25, -0.2) is 0 Å². The molecule has 6 heteroatoms. The first-order valence-electron chi connectivity index (χ1n) is 6.38. The van der Waals surface area contributed by atoms with E-state index in [2.05, 4.69) is 15.9 Å². The Balaban J connectivity index is 2.09. The first-order valence-corrected chi connectivity index (χ1v) is 7.18. The van der Waals surface area contributed by atoms with E-state index in [0.29, 0.717) is 11.1 Å². The van der Waals surface area contributed by atoms with E-state index in [4.69, 9.17) is 10.5 Å². The lowest BCUT2D eigenvalue weighted by molar-refractivity contribution is -0.384. The SMILES string of the molecule is CC(N)c1cccc(OCc2ccc([N+](=O)[O-])cc2Br)c1. The van der Waals surface area contributed by atoms with Gasteiger partial charge in [0.2, 0.25) is 0 Å². The van der Waals surface area contributed by atoms with Crippen LogP contribution >= 0.6 is 15.9 Å². The number of rotatable bonds is 5. The number of nitrogens with zero attached hydrogens (tertiary/aromatic N) is 1. The van der Waals surface area contributed by atoms with Gasteiger partial charge in [0.25, 0.3) is 5.69 Å². The van der Waals surface area contributed by atoms with Crippen LogP contribution in [0.25, 0.3) is 0 Å². The van der Waals surface area contributed by atoms with E-state index in [1.54, 1.807) is 6.07 Å². The van der Waals surface area contributed by atoms with E-state index < -0.39 is 4.92 Å². The van der Waals surface area contributed by atoms with Crippen molar-refractivity contribution >= 4 is 21.6 Å². The molecule has 0 amide bonds. The molecule has 0 spiro atoms. The zero-order chi connectivity index (χ0) is 15.4. The number of nitrogens with two attached hydrogens (primary N) is 1. The van der Waals surface area contributed by atoms with Gasteiger partial charge in [-0.2, -0.15) is 0 Å². The quantitative estimate of drug-likeness (QED) is 0.653. The Hall–Kier alpha value is -1.92. The van der Waals surface area contributed by atoms with Crippen molar-refractivity contribution in [2.75, 3.05) is 0 Å². The zero-order valence-corrected chi connectivity index (χ0v) is 13.0. The fourth-order valence-corrected chi connectivity index (χ4v) is 2.30. The molecule has 2 aromatic carbocycles. The van der Waals surface area contributed by atoms with Crippen molar-refractivity contribution in [2.24, 2.45) is 5.73 Å². The zero-order valence-electron chi connectivity index (χ0n) is 11.5. The molecule has 2 rings (SSSR count). The Labute approximate surface area is 131 Å². The molecule has 5 nitrogen and oxygen atoms in total. The minimum Gasteiger partial charge on any atom is -0.489 e. The van der Waals surface area contributed by atoms with Gasteiger partial charge >= 0.3 is 0 Å². The molecule has 0 aromatic heterocycles. The lowest BCUT2D eigenvalue weighted by Gasteiger charge is -2.11. The molecule has 0 radical (unpaired) electrons. The second kappa shape index (κ2) is 6.69. The molecule has 1 unspecified atom stereocenters. The topological polar surface area (TPSA) is 78.4 Å². The van der Waals surface area contributed by atoms with Crippen molar-refractivity contribution in [1.29, 1.82) is 0 Å². The number of benzene rings is 2. The lowest BCUT2D eigenvalue weighted by atomic mass is 10.1. The molecule has 0 fully saturated rings. The minimum atomic E-state index is -0.429. The van der Waals surface area contributed by atoms with Gasteiger partial charge in [0.15, 0.2) is 0 Å². The average molecular weight is 351 g/mol. The van der Waals surface area contributed by atoms with Crippen LogP contribution in [0.15, 0.2) is 46.9 Å². The molecule has 0 aliphatic rings. The van der Waals surface area contributed by atoms with Crippen LogP contribution in [0.5, 0.6) is 5.75 Å². The number of hydrogen-bond acceptors (Lipinski definition) is 4. The van der Waals surface area contributed by atoms with Crippen molar-refractivity contribution in [3.63, 3.8) is 0 Å². The second-order valence-corrected chi connectivity index (χ2v) is 5.54. The van der Waals surface area contributed by atoms with E-state index in [1.165, 1.54) is 12.1 Å². The number of hydrogen-bond donors (Lipinski definition) is 1. The van der Waals surface area contributed by atoms with Crippen molar-refractivity contribution in [2.45, 2.75) is 19.6 Å². The molecule has 0 aliphatic carbocycles. The summed E-state index contributed by atoms with van der Waals surface area (Å²) in [6, 6.07) is 12.1. The fourth-order valence-electron chi connectivity index (χ4n) is 1.82. The molecular formula is C15H15BrN2O3. The monoisotopic (exact) mass is 350 g/mol. The summed E-state index contributed by atoms with van der Waals surface area (Å²) in [5, 5.41) is 10.7. The second-order valence-electron chi connectivity index (χ2n) is 4.68. The molecule has 2 N–H and O–H groups in total. The molecule has 110 valence electrons. The van der Waals surface area contributed by atoms with Crippen molar-refractivity contribution in [1.82, 2.24) is 0 Å². The van der Waals surface area contributed by atoms with Crippen LogP contribution < -0.4 is 10.5 Å². The standard InChI is InChI=1S/C15H15BrN2O3/c1-10(17)11-3-2-4-14(7-11)21-9-12-5-6-13(18(19)20)8-15(12)16/h2-8,10H,9,17H2,1H3. The maximum absolute atomic E-state index is 10.7. The maximum atomic E-state index is 10.7. The largest absolute Gasteiger partial charge is 0.489 e. The smallest absolute Gasteiger partial charge is 0.270 e. The molecular weight excluding hydrogens is 336 g/mol. The molecule has 0 bridgehead atoms. The first-order chi connectivity index (χ1) is 9.97. The third-order valence-corrected chi connectivity index (χ3v) is 3.76. The first kappa shape index (κ1) is 15.5. The number of halogens is 1. The van der Waals surface area contributed by atoms with E-state index >= 15 is 0 Å². The van der Waals surface area contributed by atoms with Crippen molar-refractivity contribution in [3.05, 3.63) is 68.2 Å². The summed E-state index contributed by atoms with van der Waals surface area (Å²) >= 11 is 3.32. The summed E-state index contributed by atoms with van der Waals surface area (Å²) in [6.07, 6.45) is 0. The molecule has 1 atom stereocenters. The van der Waals surface area contributed by atoms with Crippen LogP contribution in [0.2, 0.25) is 0 Å². The van der Waals surface area contributed by atoms with Gasteiger partial charge in [0.05, 0.1) is 4.92 Å². The summed E-state index contributed by atoms with van der Waals surface area (Å²) in [5.41, 5.74) is 7.71. The van der Waals surface area contributed by atoms with Crippen LogP contribution in [-0.4, -0.2) is 4.92 Å². The van der Waals surface area contributed by atoms with Gasteiger partial charge in [0.1, 0.15) is 12.4 Å². The highest BCUT2D eigenvalue weighted by Gasteiger charge is 2.09. The van der Waals surface area contributed by atoms with E-state index in [0.717, 1.165) is 16.9 Å². The maximum Gasteiger partial charge on any atom is 0.270 e. The molecule has 0 saturated heterocycles. The Kier molecular flexibility index (Phi) is 4.93. The summed E-state index contributed by atoms with van der Waals surface area (Å²) < 4.78 is 6.36.